The van der Waals surface area contributed by atoms with Crippen molar-refractivity contribution in [2.75, 3.05) is 48.8 Å². The van der Waals surface area contributed by atoms with E-state index in [2.05, 4.69) is 30.2 Å². The van der Waals surface area contributed by atoms with Crippen molar-refractivity contribution >= 4 is 40.3 Å². The van der Waals surface area contributed by atoms with Crippen LogP contribution >= 0.6 is 11.6 Å². The normalized spacial score (nSPS) is 20.6. The molecule has 6 heterocycles. The standard InChI is InChI=1S/C22H25ClN8O2/c23-14-9-26-20-18(19(24)28-31(20)11-14)21(32)27-16-10-25-5-1-17(16)29-6-2-15(3-7-29)30-8-4-22(30)12-33-13-22/h1,5,9-11,15H,2-4,6-8,12-13H2,(H2,24,28)(H,27,32). The highest BCUT2D eigenvalue weighted by Crippen LogP contribution is 2.41. The van der Waals surface area contributed by atoms with Gasteiger partial charge in [-0.3, -0.25) is 14.7 Å². The molecular formula is C22H25ClN8O2. The van der Waals surface area contributed by atoms with E-state index in [9.17, 15) is 4.79 Å². The van der Waals surface area contributed by atoms with Gasteiger partial charge >= 0.3 is 0 Å². The van der Waals surface area contributed by atoms with E-state index in [1.807, 2.05) is 6.07 Å². The zero-order chi connectivity index (χ0) is 22.6. The number of anilines is 3. The number of halogens is 1. The first-order chi connectivity index (χ1) is 16.0. The Hall–Kier alpha value is -2.95. The lowest BCUT2D eigenvalue weighted by molar-refractivity contribution is -0.208. The summed E-state index contributed by atoms with van der Waals surface area (Å²) in [6, 6.07) is 2.54. The predicted octanol–water partition coefficient (Wildman–Crippen LogP) is 2.06. The molecule has 0 aromatic carbocycles. The van der Waals surface area contributed by atoms with E-state index >= 15 is 0 Å². The maximum atomic E-state index is 13.1. The van der Waals surface area contributed by atoms with Gasteiger partial charge in [0.25, 0.3) is 5.91 Å². The Morgan fingerprint density at radius 3 is 2.76 bits per heavy atom. The van der Waals surface area contributed by atoms with Gasteiger partial charge in [-0.25, -0.2) is 9.50 Å². The molecule has 0 radical (unpaired) electrons. The maximum absolute atomic E-state index is 13.1. The number of likely N-dealkylation sites (tertiary alicyclic amines) is 1. The lowest BCUT2D eigenvalue weighted by atomic mass is 9.79. The number of piperidine rings is 1. The van der Waals surface area contributed by atoms with E-state index in [0.717, 1.165) is 44.8 Å². The molecule has 3 aliphatic rings. The summed E-state index contributed by atoms with van der Waals surface area (Å²) in [7, 11) is 0. The van der Waals surface area contributed by atoms with Crippen LogP contribution in [0.1, 0.15) is 29.6 Å². The summed E-state index contributed by atoms with van der Waals surface area (Å²) >= 11 is 5.98. The van der Waals surface area contributed by atoms with Crippen molar-refractivity contribution in [1.29, 1.82) is 0 Å². The topological polar surface area (TPSA) is 114 Å². The van der Waals surface area contributed by atoms with E-state index in [0.29, 0.717) is 27.9 Å². The largest absolute Gasteiger partial charge is 0.381 e. The number of amides is 1. The number of rotatable bonds is 4. The van der Waals surface area contributed by atoms with Gasteiger partial charge in [-0.1, -0.05) is 11.6 Å². The first kappa shape index (κ1) is 20.6. The third kappa shape index (κ3) is 3.40. The summed E-state index contributed by atoms with van der Waals surface area (Å²) in [4.78, 5) is 26.6. The summed E-state index contributed by atoms with van der Waals surface area (Å²) in [6.45, 7) is 4.77. The van der Waals surface area contributed by atoms with Crippen LogP contribution in [0.15, 0.2) is 30.9 Å². The molecule has 11 heteroatoms. The van der Waals surface area contributed by atoms with Crippen LogP contribution in [-0.4, -0.2) is 74.8 Å². The molecule has 1 amide bonds. The van der Waals surface area contributed by atoms with Gasteiger partial charge in [-0.15, -0.1) is 5.10 Å². The Morgan fingerprint density at radius 2 is 2.06 bits per heavy atom. The van der Waals surface area contributed by atoms with Crippen LogP contribution in [0.4, 0.5) is 17.2 Å². The fourth-order valence-electron chi connectivity index (χ4n) is 5.28. The van der Waals surface area contributed by atoms with Crippen LogP contribution in [0.25, 0.3) is 5.65 Å². The van der Waals surface area contributed by atoms with Crippen LogP contribution in [0, 0.1) is 0 Å². The highest BCUT2D eigenvalue weighted by atomic mass is 35.5. The van der Waals surface area contributed by atoms with Crippen molar-refractivity contribution in [3.05, 3.63) is 41.4 Å². The van der Waals surface area contributed by atoms with Crippen molar-refractivity contribution in [2.45, 2.75) is 30.8 Å². The van der Waals surface area contributed by atoms with Crippen LogP contribution in [0.5, 0.6) is 0 Å². The minimum absolute atomic E-state index is 0.0944. The molecule has 0 bridgehead atoms. The van der Waals surface area contributed by atoms with Gasteiger partial charge < -0.3 is 20.7 Å². The number of fused-ring (bicyclic) bond motifs is 1. The van der Waals surface area contributed by atoms with Crippen molar-refractivity contribution in [3.8, 4) is 0 Å². The smallest absolute Gasteiger partial charge is 0.263 e. The molecule has 6 rings (SSSR count). The van der Waals surface area contributed by atoms with Gasteiger partial charge in [0.05, 0.1) is 47.5 Å². The van der Waals surface area contributed by atoms with Gasteiger partial charge in [0.1, 0.15) is 5.56 Å². The van der Waals surface area contributed by atoms with E-state index in [4.69, 9.17) is 22.1 Å². The molecule has 3 aromatic rings. The molecule has 3 saturated heterocycles. The molecule has 172 valence electrons. The summed E-state index contributed by atoms with van der Waals surface area (Å²) in [5.74, 6) is -0.286. The van der Waals surface area contributed by atoms with Gasteiger partial charge in [0.2, 0.25) is 0 Å². The lowest BCUT2D eigenvalue weighted by Crippen LogP contribution is -2.73. The van der Waals surface area contributed by atoms with E-state index in [1.165, 1.54) is 23.7 Å². The van der Waals surface area contributed by atoms with Crippen LogP contribution in [0.2, 0.25) is 5.02 Å². The van der Waals surface area contributed by atoms with E-state index in [-0.39, 0.29) is 17.3 Å². The van der Waals surface area contributed by atoms with Gasteiger partial charge in [-0.2, -0.15) is 0 Å². The van der Waals surface area contributed by atoms with Crippen LogP contribution in [0.3, 0.4) is 0 Å². The average Bonchev–Trinajstić information content (AvgIpc) is 3.08. The number of nitrogens with zero attached hydrogens (tertiary/aromatic N) is 6. The fourth-order valence-corrected chi connectivity index (χ4v) is 5.43. The summed E-state index contributed by atoms with van der Waals surface area (Å²) in [6.07, 6.45) is 9.87. The molecule has 1 spiro atoms. The lowest BCUT2D eigenvalue weighted by Gasteiger charge is -2.61. The molecule has 3 fully saturated rings. The minimum atomic E-state index is -0.381. The number of aromatic nitrogens is 4. The fraction of sp³-hybridized carbons (Fsp3) is 0.455. The molecule has 3 aliphatic heterocycles. The van der Waals surface area contributed by atoms with Crippen molar-refractivity contribution < 1.29 is 9.53 Å². The maximum Gasteiger partial charge on any atom is 0.263 e. The zero-order valence-corrected chi connectivity index (χ0v) is 18.8. The second kappa shape index (κ2) is 7.82. The Labute approximate surface area is 195 Å². The molecule has 3 N–H and O–H groups in total. The molecular weight excluding hydrogens is 444 g/mol. The van der Waals surface area contributed by atoms with Crippen LogP contribution < -0.4 is 16.0 Å². The second-order valence-electron chi connectivity index (χ2n) is 9.03. The first-order valence-electron chi connectivity index (χ1n) is 11.2. The van der Waals surface area contributed by atoms with Gasteiger partial charge in [0, 0.05) is 38.1 Å². The Balaban J connectivity index is 1.19. The molecule has 10 nitrogen and oxygen atoms in total. The third-order valence-corrected chi connectivity index (χ3v) is 7.35. The number of nitrogens with one attached hydrogen (secondary N) is 1. The molecule has 3 aromatic heterocycles. The second-order valence-corrected chi connectivity index (χ2v) is 9.46. The van der Waals surface area contributed by atoms with Crippen molar-refractivity contribution in [2.24, 2.45) is 0 Å². The van der Waals surface area contributed by atoms with Crippen molar-refractivity contribution in [1.82, 2.24) is 24.5 Å². The zero-order valence-electron chi connectivity index (χ0n) is 18.1. The molecule has 33 heavy (non-hydrogen) atoms. The number of hydrogen-bond acceptors (Lipinski definition) is 8. The summed E-state index contributed by atoms with van der Waals surface area (Å²) < 4.78 is 6.90. The summed E-state index contributed by atoms with van der Waals surface area (Å²) in [5.41, 5.74) is 8.50. The first-order valence-corrected chi connectivity index (χ1v) is 11.6. The van der Waals surface area contributed by atoms with Gasteiger partial charge in [0.15, 0.2) is 11.5 Å². The Kier molecular flexibility index (Phi) is 4.89. The summed E-state index contributed by atoms with van der Waals surface area (Å²) in [5, 5.41) is 7.53. The molecule has 0 unspecified atom stereocenters. The molecule has 0 saturated carbocycles. The quantitative estimate of drug-likeness (QED) is 0.598. The van der Waals surface area contributed by atoms with E-state index in [1.54, 1.807) is 18.6 Å². The van der Waals surface area contributed by atoms with Crippen LogP contribution in [-0.2, 0) is 4.74 Å². The highest BCUT2D eigenvalue weighted by Gasteiger charge is 2.53. The number of carbonyl (C=O) groups excluding carboxylic acids is 1. The predicted molar refractivity (Wildman–Crippen MR) is 125 cm³/mol. The SMILES string of the molecule is Nc1nn2cc(Cl)cnc2c1C(=O)Nc1cnccc1N1CCC(N2CCC23COC3)CC1. The molecule has 0 atom stereocenters. The Morgan fingerprint density at radius 1 is 1.24 bits per heavy atom. The third-order valence-electron chi connectivity index (χ3n) is 7.16. The monoisotopic (exact) mass is 468 g/mol. The van der Waals surface area contributed by atoms with E-state index < -0.39 is 0 Å². The highest BCUT2D eigenvalue weighted by molar-refractivity contribution is 6.30. The number of hydrogen-bond donors (Lipinski definition) is 2. The Bertz CT molecular complexity index is 1210. The van der Waals surface area contributed by atoms with Gasteiger partial charge in [-0.05, 0) is 25.3 Å². The molecule has 0 aliphatic carbocycles. The number of pyridine rings is 1. The number of nitrogen functional groups attached to an aromatic ring is 1. The minimum Gasteiger partial charge on any atom is -0.381 e. The average molecular weight is 469 g/mol. The van der Waals surface area contributed by atoms with Crippen molar-refractivity contribution in [3.63, 3.8) is 0 Å². The number of nitrogens with two attached hydrogens (primary N) is 1. The number of ether oxygens (including phenoxy) is 1. The number of carbonyl (C=O) groups is 1.